The second-order valence-corrected chi connectivity index (χ2v) is 14.8. The number of carbonyl (C=O) groups excluding carboxylic acids is 2. The summed E-state index contributed by atoms with van der Waals surface area (Å²) in [5.41, 5.74) is -0.224. The molecular formula is C38H34I2N2O9. The van der Waals surface area contributed by atoms with Crippen molar-refractivity contribution in [2.45, 2.75) is 20.8 Å². The number of aromatic nitrogens is 2. The number of nitrogens with zero attached hydrogens (tertiary/aromatic N) is 1. The van der Waals surface area contributed by atoms with Crippen LogP contribution in [0.1, 0.15) is 40.5 Å². The molecule has 0 saturated heterocycles. The Labute approximate surface area is 320 Å². The molecule has 0 atom stereocenters. The second-order valence-electron chi connectivity index (χ2n) is 10.4. The summed E-state index contributed by atoms with van der Waals surface area (Å²) in [6, 6.07) is 28.4. The zero-order valence-electron chi connectivity index (χ0n) is 27.8. The van der Waals surface area contributed by atoms with Crippen LogP contribution in [0.4, 0.5) is 0 Å². The predicted octanol–water partition coefficient (Wildman–Crippen LogP) is 9.23. The molecule has 6 rings (SSSR count). The highest BCUT2D eigenvalue weighted by molar-refractivity contribution is 14.2. The first kappa shape index (κ1) is 38.9. The molecule has 6 aromatic rings. The number of aryl methyl sites for hydroxylation is 1. The average molecular weight is 917 g/mol. The number of aromatic amines is 1. The SMILES string of the molecule is CCOC(=O)c1[nH]c(=O)c2cc(Oc3ccccc3)ccc2c1O.CCOC(=O)c1nc(C)c2cc(Oc3ccccc3)ccc2c1O.ICI. The molecule has 0 radical (unpaired) electrons. The number of para-hydroxylation sites is 2. The van der Waals surface area contributed by atoms with Crippen molar-refractivity contribution < 1.29 is 38.7 Å². The molecule has 11 nitrogen and oxygen atoms in total. The number of benzene rings is 4. The molecule has 0 aliphatic carbocycles. The third-order valence-electron chi connectivity index (χ3n) is 7.01. The van der Waals surface area contributed by atoms with Gasteiger partial charge in [-0.1, -0.05) is 81.6 Å². The van der Waals surface area contributed by atoms with Crippen LogP contribution in [0.2, 0.25) is 0 Å². The number of hydrogen-bond donors (Lipinski definition) is 3. The molecule has 0 aliphatic rings. The fourth-order valence-electron chi connectivity index (χ4n) is 4.80. The van der Waals surface area contributed by atoms with Crippen LogP contribution in [-0.2, 0) is 9.47 Å². The molecule has 0 aliphatic heterocycles. The maximum atomic E-state index is 12.2. The van der Waals surface area contributed by atoms with Crippen molar-refractivity contribution in [2.75, 3.05) is 15.6 Å². The summed E-state index contributed by atoms with van der Waals surface area (Å²) in [5.74, 6) is 0.498. The van der Waals surface area contributed by atoms with Gasteiger partial charge in [-0.15, -0.1) is 0 Å². The van der Waals surface area contributed by atoms with Crippen LogP contribution in [0.5, 0.6) is 34.5 Å². The van der Waals surface area contributed by atoms with Crippen molar-refractivity contribution in [3.8, 4) is 34.5 Å². The van der Waals surface area contributed by atoms with Crippen LogP contribution in [0.15, 0.2) is 102 Å². The number of alkyl halides is 2. The van der Waals surface area contributed by atoms with Crippen LogP contribution < -0.4 is 15.0 Å². The van der Waals surface area contributed by atoms with E-state index in [4.69, 9.17) is 18.9 Å². The fourth-order valence-corrected chi connectivity index (χ4v) is 4.80. The molecule has 264 valence electrons. The van der Waals surface area contributed by atoms with Crippen molar-refractivity contribution in [1.82, 2.24) is 9.97 Å². The number of pyridine rings is 2. The van der Waals surface area contributed by atoms with Crippen molar-refractivity contribution in [3.63, 3.8) is 0 Å². The van der Waals surface area contributed by atoms with E-state index in [-0.39, 0.29) is 46.9 Å². The zero-order chi connectivity index (χ0) is 36.9. The summed E-state index contributed by atoms with van der Waals surface area (Å²) in [4.78, 5) is 42.5. The molecule has 3 N–H and O–H groups in total. The van der Waals surface area contributed by atoms with Gasteiger partial charge in [0.1, 0.15) is 23.0 Å². The largest absolute Gasteiger partial charge is 0.505 e. The highest BCUT2D eigenvalue weighted by atomic mass is 127. The van der Waals surface area contributed by atoms with Crippen molar-refractivity contribution >= 4 is 78.7 Å². The van der Waals surface area contributed by atoms with Crippen molar-refractivity contribution in [3.05, 3.63) is 124 Å². The summed E-state index contributed by atoms with van der Waals surface area (Å²) in [5, 5.41) is 22.3. The van der Waals surface area contributed by atoms with Crippen LogP contribution in [-0.4, -0.2) is 47.8 Å². The number of rotatable bonds is 8. The van der Waals surface area contributed by atoms with Gasteiger partial charge in [0, 0.05) is 21.9 Å². The molecule has 0 spiro atoms. The second kappa shape index (κ2) is 18.9. The first-order chi connectivity index (χ1) is 24.6. The minimum atomic E-state index is -0.779. The molecular weight excluding hydrogens is 882 g/mol. The van der Waals surface area contributed by atoms with E-state index in [0.29, 0.717) is 33.7 Å². The normalized spacial score (nSPS) is 10.3. The van der Waals surface area contributed by atoms with Crippen LogP contribution >= 0.6 is 45.2 Å². The number of ether oxygens (including phenoxy) is 4. The molecule has 0 fully saturated rings. The Kier molecular flexibility index (Phi) is 14.4. The zero-order valence-corrected chi connectivity index (χ0v) is 32.1. The van der Waals surface area contributed by atoms with Crippen LogP contribution in [0, 0.1) is 6.92 Å². The van der Waals surface area contributed by atoms with E-state index in [2.05, 4.69) is 55.1 Å². The Morgan fingerprint density at radius 2 is 1.14 bits per heavy atom. The van der Waals surface area contributed by atoms with Gasteiger partial charge >= 0.3 is 11.9 Å². The molecule has 0 unspecified atom stereocenters. The number of halogens is 2. The fraction of sp³-hybridized carbons (Fsp3) is 0.158. The third-order valence-corrected chi connectivity index (χ3v) is 7.01. The maximum absolute atomic E-state index is 12.2. The molecule has 0 saturated carbocycles. The number of nitrogens with one attached hydrogen (secondary N) is 1. The van der Waals surface area contributed by atoms with Gasteiger partial charge in [0.05, 0.1) is 21.0 Å². The van der Waals surface area contributed by atoms with E-state index in [9.17, 15) is 24.6 Å². The first-order valence-corrected chi connectivity index (χ1v) is 18.6. The Hall–Kier alpha value is -4.90. The van der Waals surface area contributed by atoms with Gasteiger partial charge in [0.25, 0.3) is 5.56 Å². The van der Waals surface area contributed by atoms with Gasteiger partial charge in [-0.05, 0) is 81.4 Å². The summed E-state index contributed by atoms with van der Waals surface area (Å²) < 4.78 is 22.4. The molecule has 2 heterocycles. The number of aromatic hydroxyl groups is 2. The van der Waals surface area contributed by atoms with E-state index in [0.717, 1.165) is 5.75 Å². The summed E-state index contributed by atoms with van der Waals surface area (Å²) >= 11 is 4.55. The Morgan fingerprint density at radius 3 is 1.65 bits per heavy atom. The highest BCUT2D eigenvalue weighted by Gasteiger charge is 2.20. The summed E-state index contributed by atoms with van der Waals surface area (Å²) in [7, 11) is 0. The highest BCUT2D eigenvalue weighted by Crippen LogP contribution is 2.34. The molecule has 13 heteroatoms. The monoisotopic (exact) mass is 916 g/mol. The minimum Gasteiger partial charge on any atom is -0.505 e. The van der Waals surface area contributed by atoms with E-state index >= 15 is 0 Å². The van der Waals surface area contributed by atoms with E-state index in [1.807, 2.05) is 48.5 Å². The van der Waals surface area contributed by atoms with Gasteiger partial charge in [-0.2, -0.15) is 0 Å². The number of esters is 2. The van der Waals surface area contributed by atoms with Gasteiger partial charge < -0.3 is 34.1 Å². The lowest BCUT2D eigenvalue weighted by Gasteiger charge is -2.11. The molecule has 4 aromatic carbocycles. The Balaban J connectivity index is 0.000000212. The van der Waals surface area contributed by atoms with E-state index in [1.165, 1.54) is 14.6 Å². The van der Waals surface area contributed by atoms with E-state index in [1.54, 1.807) is 57.2 Å². The van der Waals surface area contributed by atoms with Gasteiger partial charge in [-0.3, -0.25) is 4.79 Å². The van der Waals surface area contributed by atoms with Crippen LogP contribution in [0.25, 0.3) is 21.5 Å². The molecule has 2 aromatic heterocycles. The Morgan fingerprint density at radius 1 is 0.667 bits per heavy atom. The lowest BCUT2D eigenvalue weighted by molar-refractivity contribution is 0.0506. The third kappa shape index (κ3) is 10.1. The molecule has 0 bridgehead atoms. The lowest BCUT2D eigenvalue weighted by Crippen LogP contribution is -2.15. The molecule has 51 heavy (non-hydrogen) atoms. The van der Waals surface area contributed by atoms with E-state index < -0.39 is 17.5 Å². The smallest absolute Gasteiger partial charge is 0.360 e. The average Bonchev–Trinajstić information content (AvgIpc) is 3.13. The standard InChI is InChI=1S/C19H17NO4.C18H15NO5.CH2I2/c1-3-23-19(22)17-18(21)15-10-9-14(11-16(15)12(2)20-17)24-13-7-5-4-6-8-13;1-2-23-18(22)15-16(20)13-9-8-12(10-14(13)17(21)19-15)24-11-6-4-3-5-7-11;2-1-3/h4-11,21H,3H2,1-2H3;3-10,20H,2H2,1H3,(H,19,21);1H2. The van der Waals surface area contributed by atoms with Gasteiger partial charge in [-0.25, -0.2) is 14.6 Å². The molecule has 0 amide bonds. The van der Waals surface area contributed by atoms with Crippen molar-refractivity contribution in [2.24, 2.45) is 0 Å². The number of carbonyl (C=O) groups is 2. The minimum absolute atomic E-state index is 0.0708. The number of H-pyrrole nitrogens is 1. The topological polar surface area (TPSA) is 157 Å². The quantitative estimate of drug-likeness (QED) is 0.0764. The van der Waals surface area contributed by atoms with Crippen LogP contribution in [0.3, 0.4) is 0 Å². The maximum Gasteiger partial charge on any atom is 0.360 e. The summed E-state index contributed by atoms with van der Waals surface area (Å²) in [6.45, 7) is 5.48. The lowest BCUT2D eigenvalue weighted by atomic mass is 10.1. The number of hydrogen-bond acceptors (Lipinski definition) is 10. The predicted molar refractivity (Wildman–Crippen MR) is 212 cm³/mol. The van der Waals surface area contributed by atoms with Gasteiger partial charge in [0.2, 0.25) is 0 Å². The van der Waals surface area contributed by atoms with Crippen molar-refractivity contribution in [1.29, 1.82) is 0 Å². The first-order valence-electron chi connectivity index (χ1n) is 15.6. The van der Waals surface area contributed by atoms with Gasteiger partial charge in [0.15, 0.2) is 22.9 Å². The summed E-state index contributed by atoms with van der Waals surface area (Å²) in [6.07, 6.45) is 0. The Bertz CT molecular complexity index is 2180. The number of fused-ring (bicyclic) bond motifs is 2.